The van der Waals surface area contributed by atoms with Gasteiger partial charge < -0.3 is 29.9 Å². The van der Waals surface area contributed by atoms with Crippen molar-refractivity contribution in [2.75, 3.05) is 0 Å². The minimum Gasteiger partial charge on any atom is -0.478 e. The Labute approximate surface area is 292 Å². The Kier molecular flexibility index (Phi) is 10.5. The van der Waals surface area contributed by atoms with Gasteiger partial charge in [-0.15, -0.1) is 0 Å². The number of hydrogen-bond donors (Lipinski definition) is 4. The molecule has 4 aromatic carbocycles. The topological polar surface area (TPSA) is 168 Å². The molecule has 0 bridgehead atoms. The molecule has 10 nitrogen and oxygen atoms in total. The summed E-state index contributed by atoms with van der Waals surface area (Å²) in [6.07, 6.45) is -15.3. The third-order valence-electron chi connectivity index (χ3n) is 7.39. The lowest BCUT2D eigenvalue weighted by atomic mass is 9.71. The molecule has 0 saturated heterocycles. The van der Waals surface area contributed by atoms with Crippen molar-refractivity contribution in [3.8, 4) is 23.0 Å². The molecule has 0 amide bonds. The number of hydrogen-bond acceptors (Lipinski definition) is 6. The number of aromatic carboxylic acids is 4. The molecule has 0 aliphatic carbocycles. The van der Waals surface area contributed by atoms with E-state index in [4.69, 9.17) is 20.4 Å². The summed E-state index contributed by atoms with van der Waals surface area (Å²) in [7, 11) is 0. The minimum atomic E-state index is -7.65. The highest BCUT2D eigenvalue weighted by atomic mass is 19.4. The molecule has 24 heteroatoms. The van der Waals surface area contributed by atoms with Crippen molar-refractivity contribution in [3.63, 3.8) is 0 Å². The van der Waals surface area contributed by atoms with Crippen molar-refractivity contribution in [1.82, 2.24) is 0 Å². The summed E-state index contributed by atoms with van der Waals surface area (Å²) in [5.41, 5.74) is -19.7. The molecular formula is C31H10F14O10. The van der Waals surface area contributed by atoms with Crippen LogP contribution in [0.1, 0.15) is 52.6 Å². The first kappa shape index (κ1) is 41.1. The van der Waals surface area contributed by atoms with Gasteiger partial charge in [-0.25, -0.2) is 36.7 Å². The molecule has 0 aliphatic rings. The van der Waals surface area contributed by atoms with Crippen molar-refractivity contribution < 1.29 is 111 Å². The third-order valence-corrected chi connectivity index (χ3v) is 7.39. The van der Waals surface area contributed by atoms with Crippen molar-refractivity contribution in [2.24, 2.45) is 0 Å². The molecule has 0 aliphatic heterocycles. The van der Waals surface area contributed by atoms with E-state index in [-0.39, 0.29) is 12.1 Å². The van der Waals surface area contributed by atoms with Gasteiger partial charge in [-0.1, -0.05) is 0 Å². The van der Waals surface area contributed by atoms with Crippen LogP contribution in [0, 0.1) is 46.5 Å². The predicted molar refractivity (Wildman–Crippen MR) is 146 cm³/mol. The quantitative estimate of drug-likeness (QED) is 0.0900. The highest BCUT2D eigenvalue weighted by Gasteiger charge is 2.77. The highest BCUT2D eigenvalue weighted by Crippen LogP contribution is 2.60. The van der Waals surface area contributed by atoms with Crippen LogP contribution in [0.25, 0.3) is 0 Å². The van der Waals surface area contributed by atoms with Crippen LogP contribution in [0.4, 0.5) is 61.5 Å². The standard InChI is InChI=1S/C31H10F14O10/c32-15-13(16(33)20(37)23(19(15)36)54-7-1-3-9(25(46)47)11(5-7)27(50)51)29(30(40,41)42,31(43,44)45)14-17(34)21(38)24(22(39)18(14)35)55-8-2-4-10(26(48)49)12(6-8)28(52)53/h1-6H,(H,46,47)(H,48,49)(H,50,51)(H,52,53). The van der Waals surface area contributed by atoms with E-state index >= 15 is 35.1 Å². The summed E-state index contributed by atoms with van der Waals surface area (Å²) in [4.78, 5) is 45.2. The van der Waals surface area contributed by atoms with Crippen LogP contribution in [0.2, 0.25) is 0 Å². The Bertz CT molecular complexity index is 2100. The van der Waals surface area contributed by atoms with Gasteiger partial charge in [-0.2, -0.15) is 43.9 Å². The van der Waals surface area contributed by atoms with Crippen LogP contribution in [0.15, 0.2) is 36.4 Å². The molecular weight excluding hydrogens is 798 g/mol. The van der Waals surface area contributed by atoms with Crippen LogP contribution < -0.4 is 9.47 Å². The molecule has 55 heavy (non-hydrogen) atoms. The molecule has 0 aromatic heterocycles. The van der Waals surface area contributed by atoms with E-state index in [0.29, 0.717) is 24.3 Å². The number of carboxylic acids is 4. The van der Waals surface area contributed by atoms with E-state index in [0.717, 1.165) is 0 Å². The Hall–Kier alpha value is -6.62. The summed E-state index contributed by atoms with van der Waals surface area (Å²) in [6, 6.07) is 1.64. The fraction of sp³-hybridized carbons (Fsp3) is 0.0968. The zero-order chi connectivity index (χ0) is 41.9. The minimum absolute atomic E-state index is 0.118. The van der Waals surface area contributed by atoms with Crippen LogP contribution in [0.3, 0.4) is 0 Å². The van der Waals surface area contributed by atoms with Gasteiger partial charge in [0, 0.05) is 0 Å². The number of carbonyl (C=O) groups is 4. The number of ether oxygens (including phenoxy) is 2. The first-order chi connectivity index (χ1) is 25.2. The van der Waals surface area contributed by atoms with Gasteiger partial charge in [-0.3, -0.25) is 0 Å². The maximum atomic E-state index is 15.5. The smallest absolute Gasteiger partial charge is 0.411 e. The molecule has 4 N–H and O–H groups in total. The maximum Gasteiger partial charge on any atom is 0.411 e. The molecule has 0 saturated carbocycles. The summed E-state index contributed by atoms with van der Waals surface area (Å²) in [6.45, 7) is 0. The summed E-state index contributed by atoms with van der Waals surface area (Å²) in [5, 5.41) is 36.4. The summed E-state index contributed by atoms with van der Waals surface area (Å²) >= 11 is 0. The van der Waals surface area contributed by atoms with E-state index in [1.807, 2.05) is 0 Å². The lowest BCUT2D eigenvalue weighted by Crippen LogP contribution is -2.57. The van der Waals surface area contributed by atoms with Gasteiger partial charge in [0.05, 0.1) is 33.4 Å². The average Bonchev–Trinajstić information content (AvgIpc) is 3.08. The van der Waals surface area contributed by atoms with E-state index in [1.54, 1.807) is 0 Å². The maximum absolute atomic E-state index is 15.5. The van der Waals surface area contributed by atoms with Crippen molar-refractivity contribution in [1.29, 1.82) is 0 Å². The van der Waals surface area contributed by atoms with Gasteiger partial charge in [0.15, 0.2) is 23.3 Å². The van der Waals surface area contributed by atoms with Crippen molar-refractivity contribution in [2.45, 2.75) is 17.8 Å². The van der Waals surface area contributed by atoms with E-state index in [9.17, 15) is 45.5 Å². The predicted octanol–water partition coefficient (Wildman–Crippen LogP) is 8.59. The number of alkyl halides is 6. The Morgan fingerprint density at radius 3 is 0.891 bits per heavy atom. The fourth-order valence-corrected chi connectivity index (χ4v) is 5.05. The molecule has 0 atom stereocenters. The van der Waals surface area contributed by atoms with Crippen LogP contribution in [-0.4, -0.2) is 56.7 Å². The number of benzene rings is 4. The first-order valence-corrected chi connectivity index (χ1v) is 13.6. The zero-order valence-electron chi connectivity index (χ0n) is 25.5. The van der Waals surface area contributed by atoms with E-state index in [1.165, 1.54) is 0 Å². The monoisotopic (exact) mass is 808 g/mol. The molecule has 0 radical (unpaired) electrons. The molecule has 292 valence electrons. The molecule has 4 rings (SSSR count). The van der Waals surface area contributed by atoms with E-state index < -0.39 is 145 Å². The molecule has 0 unspecified atom stereocenters. The second-order valence-corrected chi connectivity index (χ2v) is 10.5. The third kappa shape index (κ3) is 6.62. The number of halogens is 14. The Morgan fingerprint density at radius 1 is 0.418 bits per heavy atom. The van der Waals surface area contributed by atoms with Gasteiger partial charge >= 0.3 is 36.2 Å². The van der Waals surface area contributed by atoms with Gasteiger partial charge in [0.25, 0.3) is 0 Å². The largest absolute Gasteiger partial charge is 0.478 e. The second-order valence-electron chi connectivity index (χ2n) is 10.5. The van der Waals surface area contributed by atoms with E-state index in [2.05, 4.69) is 9.47 Å². The van der Waals surface area contributed by atoms with Gasteiger partial charge in [-0.05, 0) is 36.4 Å². The Morgan fingerprint density at radius 2 is 0.673 bits per heavy atom. The Balaban J connectivity index is 2.05. The first-order valence-electron chi connectivity index (χ1n) is 13.6. The molecule has 0 fully saturated rings. The van der Waals surface area contributed by atoms with Gasteiger partial charge in [0.2, 0.25) is 40.2 Å². The number of rotatable bonds is 10. The van der Waals surface area contributed by atoms with Crippen LogP contribution >= 0.6 is 0 Å². The molecule has 0 spiro atoms. The normalized spacial score (nSPS) is 12.0. The molecule has 0 heterocycles. The highest BCUT2D eigenvalue weighted by molar-refractivity contribution is 6.02. The SMILES string of the molecule is O=C(O)c1ccc(Oc2c(F)c(F)c(C(c3c(F)c(F)c(Oc4ccc(C(=O)O)c(C(=O)O)c4)c(F)c3F)(C(F)(F)F)C(F)(F)F)c(F)c2F)cc1C(=O)O. The lowest BCUT2D eigenvalue weighted by Gasteiger charge is -2.39. The van der Waals surface area contributed by atoms with Crippen LogP contribution in [0.5, 0.6) is 23.0 Å². The second kappa shape index (κ2) is 14.0. The fourth-order valence-electron chi connectivity index (χ4n) is 5.05. The summed E-state index contributed by atoms with van der Waals surface area (Å²) < 4.78 is 220. The van der Waals surface area contributed by atoms with Gasteiger partial charge in [0.1, 0.15) is 11.5 Å². The summed E-state index contributed by atoms with van der Waals surface area (Å²) in [5.74, 6) is -44.4. The molecule has 4 aromatic rings. The van der Waals surface area contributed by atoms with Crippen molar-refractivity contribution in [3.05, 3.63) is 116 Å². The lowest BCUT2D eigenvalue weighted by molar-refractivity contribution is -0.291. The number of carboxylic acid groups (broad SMARTS) is 4. The zero-order valence-corrected chi connectivity index (χ0v) is 25.5. The average molecular weight is 808 g/mol. The van der Waals surface area contributed by atoms with Crippen molar-refractivity contribution >= 4 is 23.9 Å². The van der Waals surface area contributed by atoms with Crippen LogP contribution in [-0.2, 0) is 5.41 Å².